The van der Waals surface area contributed by atoms with E-state index in [0.29, 0.717) is 11.7 Å². The minimum atomic E-state index is 0. The van der Waals surface area contributed by atoms with Gasteiger partial charge in [-0.15, -0.1) is 0 Å². The third kappa shape index (κ3) is 8.63. The molecular weight excluding hydrogens is 143 g/mol. The van der Waals surface area contributed by atoms with Crippen LogP contribution in [0.2, 0.25) is 0 Å². The molecule has 1 radical (unpaired) electrons. The van der Waals surface area contributed by atoms with Crippen molar-refractivity contribution in [3.63, 3.8) is 0 Å². The third-order valence-electron chi connectivity index (χ3n) is 0.651. The van der Waals surface area contributed by atoms with Crippen LogP contribution in [0.15, 0.2) is 12.7 Å². The first-order chi connectivity index (χ1) is 3.81. The van der Waals surface area contributed by atoms with Crippen molar-refractivity contribution in [3.8, 4) is 0 Å². The summed E-state index contributed by atoms with van der Waals surface area (Å²) in [6.45, 7) is 5.98. The second-order valence-electron chi connectivity index (χ2n) is 1.33. The average Bonchev–Trinajstić information content (AvgIpc) is 1.83. The molecule has 0 aliphatic carbocycles. The molecule has 0 aromatic rings. The van der Waals surface area contributed by atoms with Crippen LogP contribution < -0.4 is 0 Å². The average molecular weight is 153 g/mol. The predicted molar refractivity (Wildman–Crippen MR) is 44.8 cm³/mol. The van der Waals surface area contributed by atoms with Gasteiger partial charge in [-0.1, -0.05) is 19.6 Å². The van der Waals surface area contributed by atoms with Crippen LogP contribution in [0, 0.1) is 0 Å². The van der Waals surface area contributed by atoms with Gasteiger partial charge in [0.25, 0.3) is 0 Å². The molecule has 0 spiro atoms. The van der Waals surface area contributed by atoms with Crippen molar-refractivity contribution in [3.05, 3.63) is 12.7 Å². The molecule has 47 valence electrons. The van der Waals surface area contributed by atoms with Crippen LogP contribution in [-0.2, 0) is 4.74 Å². The minimum absolute atomic E-state index is 0. The van der Waals surface area contributed by atoms with Crippen molar-refractivity contribution >= 4 is 46.8 Å². The van der Waals surface area contributed by atoms with Gasteiger partial charge in [0.05, 0.1) is 0 Å². The van der Waals surface area contributed by atoms with Crippen LogP contribution >= 0.6 is 12.2 Å². The topological polar surface area (TPSA) is 9.23 Å². The molecule has 0 amide bonds. The fraction of sp³-hybridized carbons (Fsp3) is 0.500. The SMILES string of the molecule is C=CCOC(=S)CC.[Na]. The Bertz CT molecular complexity index is 93.1. The molecule has 0 saturated heterocycles. The summed E-state index contributed by atoms with van der Waals surface area (Å²) in [6, 6.07) is 0. The normalized spacial score (nSPS) is 7.22. The molecule has 0 bridgehead atoms. The summed E-state index contributed by atoms with van der Waals surface area (Å²) in [7, 11) is 0. The van der Waals surface area contributed by atoms with Crippen molar-refractivity contribution in [2.75, 3.05) is 6.61 Å². The van der Waals surface area contributed by atoms with E-state index in [2.05, 4.69) is 6.58 Å². The molecule has 3 heteroatoms. The Morgan fingerprint density at radius 1 is 1.78 bits per heavy atom. The second-order valence-corrected chi connectivity index (χ2v) is 1.78. The van der Waals surface area contributed by atoms with Gasteiger partial charge >= 0.3 is 0 Å². The Labute approximate surface area is 83.8 Å². The summed E-state index contributed by atoms with van der Waals surface area (Å²) in [5.74, 6) is 0. The van der Waals surface area contributed by atoms with Gasteiger partial charge in [0.1, 0.15) is 6.61 Å². The van der Waals surface area contributed by atoms with Crippen molar-refractivity contribution in [2.24, 2.45) is 0 Å². The Balaban J connectivity index is 0. The molecular formula is C6H10NaOS. The van der Waals surface area contributed by atoms with E-state index in [4.69, 9.17) is 17.0 Å². The van der Waals surface area contributed by atoms with Gasteiger partial charge < -0.3 is 4.74 Å². The van der Waals surface area contributed by atoms with Crippen molar-refractivity contribution in [2.45, 2.75) is 13.3 Å². The van der Waals surface area contributed by atoms with E-state index in [9.17, 15) is 0 Å². The van der Waals surface area contributed by atoms with Gasteiger partial charge in [-0.2, -0.15) is 0 Å². The predicted octanol–water partition coefficient (Wildman–Crippen LogP) is 1.55. The zero-order valence-electron chi connectivity index (χ0n) is 6.02. The van der Waals surface area contributed by atoms with Crippen LogP contribution in [0.25, 0.3) is 0 Å². The van der Waals surface area contributed by atoms with Crippen molar-refractivity contribution in [1.29, 1.82) is 0 Å². The van der Waals surface area contributed by atoms with Gasteiger partial charge in [0.15, 0.2) is 5.05 Å². The Morgan fingerprint density at radius 3 is 2.67 bits per heavy atom. The van der Waals surface area contributed by atoms with Crippen LogP contribution in [-0.4, -0.2) is 41.2 Å². The Hall–Kier alpha value is 0.630. The summed E-state index contributed by atoms with van der Waals surface area (Å²) in [4.78, 5) is 0. The second kappa shape index (κ2) is 8.63. The fourth-order valence-corrected chi connectivity index (χ4v) is 0.322. The number of hydrogen-bond donors (Lipinski definition) is 0. The fourth-order valence-electron chi connectivity index (χ4n) is 0.254. The van der Waals surface area contributed by atoms with E-state index >= 15 is 0 Å². The van der Waals surface area contributed by atoms with Crippen LogP contribution in [0.4, 0.5) is 0 Å². The van der Waals surface area contributed by atoms with E-state index < -0.39 is 0 Å². The molecule has 0 heterocycles. The number of rotatable bonds is 3. The largest absolute Gasteiger partial charge is 0.483 e. The molecule has 0 N–H and O–H groups in total. The molecule has 0 fully saturated rings. The Kier molecular flexibility index (Phi) is 11.8. The van der Waals surface area contributed by atoms with Gasteiger partial charge in [0, 0.05) is 36.0 Å². The standard InChI is InChI=1S/C6H10OS.Na/c1-3-5-7-6(8)4-2;/h3H,1,4-5H2,2H3;. The molecule has 0 aromatic carbocycles. The van der Waals surface area contributed by atoms with Gasteiger partial charge in [-0.05, 0) is 12.2 Å². The first-order valence-corrected chi connectivity index (χ1v) is 2.98. The minimum Gasteiger partial charge on any atom is -0.483 e. The summed E-state index contributed by atoms with van der Waals surface area (Å²) in [5, 5.41) is 0.657. The summed E-state index contributed by atoms with van der Waals surface area (Å²) < 4.78 is 4.95. The number of hydrogen-bond acceptors (Lipinski definition) is 2. The molecule has 0 unspecified atom stereocenters. The third-order valence-corrected chi connectivity index (χ3v) is 1.06. The van der Waals surface area contributed by atoms with Crippen molar-refractivity contribution in [1.82, 2.24) is 0 Å². The smallest absolute Gasteiger partial charge is 0.159 e. The molecule has 0 aliphatic heterocycles. The first kappa shape index (κ1) is 12.3. The van der Waals surface area contributed by atoms with Gasteiger partial charge in [-0.25, -0.2) is 0 Å². The number of ether oxygens (including phenoxy) is 1. The van der Waals surface area contributed by atoms with E-state index in [0.717, 1.165) is 6.42 Å². The van der Waals surface area contributed by atoms with Crippen LogP contribution in [0.3, 0.4) is 0 Å². The molecule has 0 atom stereocenters. The molecule has 0 rings (SSSR count). The summed E-state index contributed by atoms with van der Waals surface area (Å²) in [5.41, 5.74) is 0. The molecule has 1 nitrogen and oxygen atoms in total. The van der Waals surface area contributed by atoms with E-state index in [1.54, 1.807) is 6.08 Å². The number of thiocarbonyl (C=S) groups is 1. The van der Waals surface area contributed by atoms with E-state index in [1.165, 1.54) is 0 Å². The summed E-state index contributed by atoms with van der Waals surface area (Å²) in [6.07, 6.45) is 2.49. The maximum absolute atomic E-state index is 4.95. The van der Waals surface area contributed by atoms with E-state index in [1.807, 2.05) is 6.92 Å². The van der Waals surface area contributed by atoms with Crippen LogP contribution in [0.1, 0.15) is 13.3 Å². The molecule has 0 aromatic heterocycles. The zero-order valence-corrected chi connectivity index (χ0v) is 8.83. The van der Waals surface area contributed by atoms with Gasteiger partial charge in [0.2, 0.25) is 0 Å². The maximum Gasteiger partial charge on any atom is 0.159 e. The van der Waals surface area contributed by atoms with Crippen molar-refractivity contribution < 1.29 is 4.74 Å². The summed E-state index contributed by atoms with van der Waals surface area (Å²) >= 11 is 4.75. The monoisotopic (exact) mass is 153 g/mol. The Morgan fingerprint density at radius 2 is 2.33 bits per heavy atom. The molecule has 0 saturated carbocycles. The zero-order chi connectivity index (χ0) is 6.41. The van der Waals surface area contributed by atoms with E-state index in [-0.39, 0.29) is 29.6 Å². The molecule has 0 aliphatic rings. The maximum atomic E-state index is 4.95. The first-order valence-electron chi connectivity index (χ1n) is 2.57. The van der Waals surface area contributed by atoms with Crippen LogP contribution in [0.5, 0.6) is 0 Å². The molecule has 9 heavy (non-hydrogen) atoms. The quantitative estimate of drug-likeness (QED) is 0.345. The van der Waals surface area contributed by atoms with Gasteiger partial charge in [-0.3, -0.25) is 0 Å².